The van der Waals surface area contributed by atoms with Crippen LogP contribution in [0.5, 0.6) is 0 Å². The van der Waals surface area contributed by atoms with Crippen LogP contribution in [0.4, 0.5) is 0 Å². The third-order valence-electron chi connectivity index (χ3n) is 2.45. The van der Waals surface area contributed by atoms with Crippen molar-refractivity contribution in [2.24, 2.45) is 0 Å². The number of benzene rings is 1. The molecule has 0 bridgehead atoms. The van der Waals surface area contributed by atoms with Crippen molar-refractivity contribution in [3.8, 4) is 0 Å². The van der Waals surface area contributed by atoms with Gasteiger partial charge in [0, 0.05) is 6.04 Å². The van der Waals surface area contributed by atoms with Crippen LogP contribution in [0.15, 0.2) is 24.3 Å². The Morgan fingerprint density at radius 2 is 2.12 bits per heavy atom. The highest BCUT2D eigenvalue weighted by molar-refractivity contribution is 5.78. The molecular weight excluding hydrogens is 202 g/mol. The number of amides is 1. The van der Waals surface area contributed by atoms with Crippen LogP contribution < -0.4 is 5.32 Å². The van der Waals surface area contributed by atoms with Crippen LogP contribution in [-0.2, 0) is 17.6 Å². The van der Waals surface area contributed by atoms with Crippen molar-refractivity contribution in [1.29, 1.82) is 0 Å². The van der Waals surface area contributed by atoms with Crippen LogP contribution in [-0.4, -0.2) is 23.7 Å². The number of rotatable bonds is 5. The molecule has 1 aromatic rings. The molecule has 0 aliphatic carbocycles. The van der Waals surface area contributed by atoms with Crippen molar-refractivity contribution in [1.82, 2.24) is 5.32 Å². The second-order valence-electron chi connectivity index (χ2n) is 4.00. The number of aliphatic hydroxyl groups is 1. The molecule has 1 unspecified atom stereocenters. The maximum Gasteiger partial charge on any atom is 0.224 e. The second-order valence-corrected chi connectivity index (χ2v) is 4.00. The van der Waals surface area contributed by atoms with E-state index in [0.29, 0.717) is 6.42 Å². The van der Waals surface area contributed by atoms with Gasteiger partial charge in [0.25, 0.3) is 0 Å². The summed E-state index contributed by atoms with van der Waals surface area (Å²) in [6.07, 6.45) is 1.35. The molecule has 0 radical (unpaired) electrons. The zero-order chi connectivity index (χ0) is 12.0. The van der Waals surface area contributed by atoms with Crippen LogP contribution in [0.1, 0.15) is 25.0 Å². The number of hydrogen-bond acceptors (Lipinski definition) is 2. The average molecular weight is 221 g/mol. The minimum absolute atomic E-state index is 0.0270. The van der Waals surface area contributed by atoms with E-state index >= 15 is 0 Å². The van der Waals surface area contributed by atoms with E-state index in [1.165, 1.54) is 5.56 Å². The summed E-state index contributed by atoms with van der Waals surface area (Å²) >= 11 is 0. The summed E-state index contributed by atoms with van der Waals surface area (Å²) in [5, 5.41) is 11.5. The molecule has 2 N–H and O–H groups in total. The molecule has 0 aromatic heterocycles. The Bertz CT molecular complexity index is 350. The number of aryl methyl sites for hydroxylation is 1. The second kappa shape index (κ2) is 6.28. The van der Waals surface area contributed by atoms with Crippen LogP contribution in [0.2, 0.25) is 0 Å². The van der Waals surface area contributed by atoms with Gasteiger partial charge in [-0.1, -0.05) is 31.2 Å². The van der Waals surface area contributed by atoms with Gasteiger partial charge in [0.05, 0.1) is 13.0 Å². The Morgan fingerprint density at radius 1 is 1.44 bits per heavy atom. The molecule has 1 atom stereocenters. The summed E-state index contributed by atoms with van der Waals surface area (Å²) in [7, 11) is 0. The van der Waals surface area contributed by atoms with E-state index in [0.717, 1.165) is 12.0 Å². The van der Waals surface area contributed by atoms with Gasteiger partial charge in [-0.15, -0.1) is 0 Å². The molecular formula is C13H19NO2. The van der Waals surface area contributed by atoms with Gasteiger partial charge >= 0.3 is 0 Å². The fourth-order valence-electron chi connectivity index (χ4n) is 1.52. The molecule has 3 heteroatoms. The van der Waals surface area contributed by atoms with Crippen LogP contribution in [0, 0.1) is 0 Å². The zero-order valence-electron chi connectivity index (χ0n) is 9.86. The lowest BCUT2D eigenvalue weighted by atomic mass is 10.1. The maximum atomic E-state index is 11.6. The Labute approximate surface area is 96.5 Å². The fourth-order valence-corrected chi connectivity index (χ4v) is 1.52. The Kier molecular flexibility index (Phi) is 4.99. The summed E-state index contributed by atoms with van der Waals surface area (Å²) in [6.45, 7) is 3.84. The van der Waals surface area contributed by atoms with E-state index < -0.39 is 0 Å². The lowest BCUT2D eigenvalue weighted by molar-refractivity contribution is -0.121. The zero-order valence-corrected chi connectivity index (χ0v) is 9.86. The lowest BCUT2D eigenvalue weighted by Crippen LogP contribution is -2.35. The number of aliphatic hydroxyl groups excluding tert-OH is 1. The van der Waals surface area contributed by atoms with Crippen LogP contribution in [0.25, 0.3) is 0 Å². The third kappa shape index (κ3) is 4.03. The maximum absolute atomic E-state index is 11.6. The first-order valence-corrected chi connectivity index (χ1v) is 5.63. The van der Waals surface area contributed by atoms with Gasteiger partial charge in [-0.3, -0.25) is 4.79 Å². The van der Waals surface area contributed by atoms with Crippen molar-refractivity contribution in [2.75, 3.05) is 6.61 Å². The van der Waals surface area contributed by atoms with E-state index in [2.05, 4.69) is 18.3 Å². The quantitative estimate of drug-likeness (QED) is 0.787. The van der Waals surface area contributed by atoms with Crippen molar-refractivity contribution in [3.63, 3.8) is 0 Å². The Hall–Kier alpha value is -1.35. The summed E-state index contributed by atoms with van der Waals surface area (Å²) in [4.78, 5) is 11.6. The molecule has 0 heterocycles. The minimum Gasteiger partial charge on any atom is -0.394 e. The average Bonchev–Trinajstić information content (AvgIpc) is 2.28. The third-order valence-corrected chi connectivity index (χ3v) is 2.45. The largest absolute Gasteiger partial charge is 0.394 e. The van der Waals surface area contributed by atoms with Crippen molar-refractivity contribution in [2.45, 2.75) is 32.7 Å². The summed E-state index contributed by atoms with van der Waals surface area (Å²) in [5.41, 5.74) is 2.25. The van der Waals surface area contributed by atoms with Gasteiger partial charge in [0.1, 0.15) is 0 Å². The number of carbonyl (C=O) groups is 1. The highest BCUT2D eigenvalue weighted by Gasteiger charge is 2.07. The summed E-state index contributed by atoms with van der Waals surface area (Å²) < 4.78 is 0. The van der Waals surface area contributed by atoms with E-state index in [1.54, 1.807) is 6.92 Å². The van der Waals surface area contributed by atoms with Gasteiger partial charge in [-0.25, -0.2) is 0 Å². The first-order chi connectivity index (χ1) is 7.65. The van der Waals surface area contributed by atoms with Gasteiger partial charge < -0.3 is 10.4 Å². The summed E-state index contributed by atoms with van der Waals surface area (Å²) in [5.74, 6) is -0.0465. The molecule has 0 spiro atoms. The predicted octanol–water partition coefficient (Wildman–Crippen LogP) is 1.29. The van der Waals surface area contributed by atoms with E-state index in [-0.39, 0.29) is 18.6 Å². The molecule has 0 saturated heterocycles. The monoisotopic (exact) mass is 221 g/mol. The molecule has 88 valence electrons. The standard InChI is InChI=1S/C13H19NO2/c1-3-11-5-4-6-12(7-11)8-13(16)14-10(2)9-15/h4-7,10,15H,3,8-9H2,1-2H3,(H,14,16). The number of nitrogens with one attached hydrogen (secondary N) is 1. The van der Waals surface area contributed by atoms with E-state index in [1.807, 2.05) is 18.2 Å². The first-order valence-electron chi connectivity index (χ1n) is 5.63. The molecule has 1 amide bonds. The molecule has 16 heavy (non-hydrogen) atoms. The van der Waals surface area contributed by atoms with E-state index in [9.17, 15) is 4.79 Å². The van der Waals surface area contributed by atoms with Crippen molar-refractivity contribution < 1.29 is 9.90 Å². The predicted molar refractivity (Wildman–Crippen MR) is 64.2 cm³/mol. The molecule has 0 aliphatic heterocycles. The van der Waals surface area contributed by atoms with Crippen molar-refractivity contribution in [3.05, 3.63) is 35.4 Å². The molecule has 0 aliphatic rings. The molecule has 1 aromatic carbocycles. The fraction of sp³-hybridized carbons (Fsp3) is 0.462. The highest BCUT2D eigenvalue weighted by Crippen LogP contribution is 2.06. The van der Waals surface area contributed by atoms with Crippen LogP contribution in [0.3, 0.4) is 0 Å². The molecule has 0 saturated carbocycles. The minimum atomic E-state index is -0.179. The van der Waals surface area contributed by atoms with E-state index in [4.69, 9.17) is 5.11 Å². The van der Waals surface area contributed by atoms with Gasteiger partial charge in [0.15, 0.2) is 0 Å². The summed E-state index contributed by atoms with van der Waals surface area (Å²) in [6, 6.07) is 7.84. The topological polar surface area (TPSA) is 49.3 Å². The Balaban J connectivity index is 2.55. The molecule has 3 nitrogen and oxygen atoms in total. The van der Waals surface area contributed by atoms with Gasteiger partial charge in [0.2, 0.25) is 5.91 Å². The lowest BCUT2D eigenvalue weighted by Gasteiger charge is -2.10. The normalized spacial score (nSPS) is 12.2. The Morgan fingerprint density at radius 3 is 2.75 bits per heavy atom. The molecule has 1 rings (SSSR count). The number of carbonyl (C=O) groups excluding carboxylic acids is 1. The molecule has 0 fully saturated rings. The van der Waals surface area contributed by atoms with Crippen molar-refractivity contribution >= 4 is 5.91 Å². The highest BCUT2D eigenvalue weighted by atomic mass is 16.3. The first kappa shape index (κ1) is 12.7. The van der Waals surface area contributed by atoms with Gasteiger partial charge in [-0.2, -0.15) is 0 Å². The SMILES string of the molecule is CCc1cccc(CC(=O)NC(C)CO)c1. The smallest absolute Gasteiger partial charge is 0.224 e. The number of hydrogen-bond donors (Lipinski definition) is 2. The van der Waals surface area contributed by atoms with Crippen LogP contribution >= 0.6 is 0 Å². The van der Waals surface area contributed by atoms with Gasteiger partial charge in [-0.05, 0) is 24.5 Å².